The summed E-state index contributed by atoms with van der Waals surface area (Å²) in [5, 5.41) is 11.1. The molecule has 1 N–H and O–H groups in total. The maximum absolute atomic E-state index is 14.2. The van der Waals surface area contributed by atoms with E-state index in [2.05, 4.69) is 4.98 Å². The SMILES string of the molecule is O=C1c2c(O)c(=O)c(-c3ncc(Cc4cccc(Cl)c4F)s3)cn2C[C@@H]2CCCCN12. The van der Waals surface area contributed by atoms with Crippen LogP contribution in [0.2, 0.25) is 5.02 Å². The van der Waals surface area contributed by atoms with E-state index in [9.17, 15) is 19.1 Å². The van der Waals surface area contributed by atoms with Gasteiger partial charge in [-0.2, -0.15) is 0 Å². The van der Waals surface area contributed by atoms with Crippen LogP contribution in [0.25, 0.3) is 10.6 Å². The maximum Gasteiger partial charge on any atom is 0.274 e. The number of thiazole rings is 1. The van der Waals surface area contributed by atoms with E-state index in [-0.39, 0.29) is 34.6 Å². The lowest BCUT2D eigenvalue weighted by Crippen LogP contribution is -2.51. The Bertz CT molecular complexity index is 1260. The number of hydrogen-bond donors (Lipinski definition) is 1. The molecule has 0 spiro atoms. The summed E-state index contributed by atoms with van der Waals surface area (Å²) in [6, 6.07) is 4.90. The molecule has 0 saturated carbocycles. The van der Waals surface area contributed by atoms with Crippen LogP contribution in [0.15, 0.2) is 35.4 Å². The molecule has 1 atom stereocenters. The molecule has 9 heteroatoms. The molecule has 2 aromatic heterocycles. The summed E-state index contributed by atoms with van der Waals surface area (Å²) >= 11 is 7.11. The van der Waals surface area contributed by atoms with E-state index >= 15 is 0 Å². The number of rotatable bonds is 3. The van der Waals surface area contributed by atoms with Crippen LogP contribution in [-0.4, -0.2) is 38.1 Å². The Kier molecular flexibility index (Phi) is 5.06. The Labute approximate surface area is 186 Å². The van der Waals surface area contributed by atoms with E-state index in [1.807, 2.05) is 0 Å². The molecule has 160 valence electrons. The van der Waals surface area contributed by atoms with Crippen LogP contribution in [0.5, 0.6) is 5.75 Å². The first-order valence-electron chi connectivity index (χ1n) is 10.1. The van der Waals surface area contributed by atoms with Crippen molar-refractivity contribution in [1.29, 1.82) is 0 Å². The Morgan fingerprint density at radius 3 is 2.97 bits per heavy atom. The van der Waals surface area contributed by atoms with Gasteiger partial charge in [0.25, 0.3) is 5.91 Å². The van der Waals surface area contributed by atoms with Gasteiger partial charge in [-0.1, -0.05) is 23.7 Å². The fraction of sp³-hybridized carbons (Fsp3) is 0.318. The highest BCUT2D eigenvalue weighted by molar-refractivity contribution is 7.15. The fourth-order valence-corrected chi connectivity index (χ4v) is 5.51. The molecule has 0 bridgehead atoms. The predicted molar refractivity (Wildman–Crippen MR) is 116 cm³/mol. The average molecular weight is 460 g/mol. The normalized spacial score (nSPS) is 18.1. The lowest BCUT2D eigenvalue weighted by molar-refractivity contribution is 0.0506. The molecule has 4 heterocycles. The highest BCUT2D eigenvalue weighted by Crippen LogP contribution is 2.32. The standard InChI is InChI=1S/C22H19ClFN3O3S/c23-16-6-3-4-12(17(16)24)8-14-9-25-21(31-14)15-11-26-10-13-5-1-2-7-27(13)22(30)18(26)20(29)19(15)28/h3-4,6,9,11,13,29H,1-2,5,7-8,10H2/t13-/m0/s1. The van der Waals surface area contributed by atoms with Gasteiger partial charge in [-0.05, 0) is 30.9 Å². The van der Waals surface area contributed by atoms with Gasteiger partial charge in [0, 0.05) is 42.8 Å². The first-order valence-corrected chi connectivity index (χ1v) is 11.3. The van der Waals surface area contributed by atoms with Crippen molar-refractivity contribution in [1.82, 2.24) is 14.5 Å². The highest BCUT2D eigenvalue weighted by Gasteiger charge is 2.37. The van der Waals surface area contributed by atoms with E-state index in [0.717, 1.165) is 24.1 Å². The second kappa shape index (κ2) is 7.76. The number of aromatic nitrogens is 2. The van der Waals surface area contributed by atoms with Crippen molar-refractivity contribution in [3.05, 3.63) is 67.8 Å². The Balaban J connectivity index is 1.51. The van der Waals surface area contributed by atoms with Crippen LogP contribution in [-0.2, 0) is 13.0 Å². The number of nitrogens with zero attached hydrogens (tertiary/aromatic N) is 3. The van der Waals surface area contributed by atoms with Gasteiger partial charge < -0.3 is 14.6 Å². The van der Waals surface area contributed by atoms with Gasteiger partial charge in [-0.3, -0.25) is 9.59 Å². The van der Waals surface area contributed by atoms with Gasteiger partial charge >= 0.3 is 0 Å². The number of amides is 1. The van der Waals surface area contributed by atoms with E-state index in [1.54, 1.807) is 34.0 Å². The van der Waals surface area contributed by atoms with Gasteiger partial charge in [0.1, 0.15) is 10.8 Å². The van der Waals surface area contributed by atoms with E-state index in [0.29, 0.717) is 23.7 Å². The molecule has 0 aliphatic carbocycles. The Morgan fingerprint density at radius 1 is 1.29 bits per heavy atom. The molecule has 0 radical (unpaired) electrons. The lowest BCUT2D eigenvalue weighted by atomic mass is 9.98. The number of carbonyl (C=O) groups excluding carboxylic acids is 1. The van der Waals surface area contributed by atoms with Crippen LogP contribution in [0.1, 0.15) is 40.2 Å². The molecule has 1 fully saturated rings. The molecule has 2 aliphatic rings. The quantitative estimate of drug-likeness (QED) is 0.640. The van der Waals surface area contributed by atoms with Crippen molar-refractivity contribution >= 4 is 28.8 Å². The average Bonchev–Trinajstić information content (AvgIpc) is 3.22. The third kappa shape index (κ3) is 3.43. The number of hydrogen-bond acceptors (Lipinski definition) is 5. The zero-order valence-electron chi connectivity index (χ0n) is 16.5. The van der Waals surface area contributed by atoms with Crippen molar-refractivity contribution in [2.45, 2.75) is 38.3 Å². The van der Waals surface area contributed by atoms with Gasteiger partial charge in [-0.15, -0.1) is 11.3 Å². The minimum absolute atomic E-state index is 0.0460. The van der Waals surface area contributed by atoms with Gasteiger partial charge in [0.15, 0.2) is 11.4 Å². The van der Waals surface area contributed by atoms with Crippen LogP contribution >= 0.6 is 22.9 Å². The van der Waals surface area contributed by atoms with Crippen molar-refractivity contribution < 1.29 is 14.3 Å². The van der Waals surface area contributed by atoms with Crippen LogP contribution in [0, 0.1) is 5.82 Å². The third-order valence-corrected chi connectivity index (χ3v) is 7.26. The number of fused-ring (bicyclic) bond motifs is 2. The molecular weight excluding hydrogens is 441 g/mol. The van der Waals surface area contributed by atoms with Crippen molar-refractivity contribution in [3.8, 4) is 16.3 Å². The van der Waals surface area contributed by atoms with Crippen LogP contribution in [0.3, 0.4) is 0 Å². The molecule has 0 unspecified atom stereocenters. The smallest absolute Gasteiger partial charge is 0.274 e. The molecular formula is C22H19ClFN3O3S. The van der Waals surface area contributed by atoms with Crippen molar-refractivity contribution in [2.24, 2.45) is 0 Å². The Hall–Kier alpha value is -2.71. The third-order valence-electron chi connectivity index (χ3n) is 5.93. The summed E-state index contributed by atoms with van der Waals surface area (Å²) in [7, 11) is 0. The van der Waals surface area contributed by atoms with Crippen LogP contribution in [0.4, 0.5) is 4.39 Å². The van der Waals surface area contributed by atoms with Crippen molar-refractivity contribution in [3.63, 3.8) is 0 Å². The summed E-state index contributed by atoms with van der Waals surface area (Å²) in [6.07, 6.45) is 6.38. The highest BCUT2D eigenvalue weighted by atomic mass is 35.5. The lowest BCUT2D eigenvalue weighted by Gasteiger charge is -2.40. The summed E-state index contributed by atoms with van der Waals surface area (Å²) in [5.74, 6) is -1.31. The predicted octanol–water partition coefficient (Wildman–Crippen LogP) is 4.07. The number of halogens is 2. The molecule has 6 nitrogen and oxygen atoms in total. The summed E-state index contributed by atoms with van der Waals surface area (Å²) in [6.45, 7) is 1.18. The Morgan fingerprint density at radius 2 is 2.13 bits per heavy atom. The molecule has 31 heavy (non-hydrogen) atoms. The number of pyridine rings is 1. The van der Waals surface area contributed by atoms with E-state index < -0.39 is 17.0 Å². The maximum atomic E-state index is 14.2. The van der Waals surface area contributed by atoms with Crippen molar-refractivity contribution in [2.75, 3.05) is 6.54 Å². The molecule has 3 aromatic rings. The largest absolute Gasteiger partial charge is 0.503 e. The van der Waals surface area contributed by atoms with E-state index in [1.165, 1.54) is 17.4 Å². The second-order valence-electron chi connectivity index (χ2n) is 7.89. The fourth-order valence-electron chi connectivity index (χ4n) is 4.38. The zero-order valence-corrected chi connectivity index (χ0v) is 18.0. The van der Waals surface area contributed by atoms with Gasteiger partial charge in [0.2, 0.25) is 5.43 Å². The van der Waals surface area contributed by atoms with Gasteiger partial charge in [0.05, 0.1) is 10.6 Å². The molecule has 2 aliphatic heterocycles. The molecule has 5 rings (SSSR count). The second-order valence-corrected chi connectivity index (χ2v) is 9.41. The first kappa shape index (κ1) is 20.2. The number of piperidine rings is 1. The molecule has 1 saturated heterocycles. The molecule has 1 aromatic carbocycles. The minimum atomic E-state index is -0.620. The minimum Gasteiger partial charge on any atom is -0.503 e. The summed E-state index contributed by atoms with van der Waals surface area (Å²) < 4.78 is 15.9. The molecule has 1 amide bonds. The zero-order chi connectivity index (χ0) is 21.7. The number of aromatic hydroxyl groups is 1. The summed E-state index contributed by atoms with van der Waals surface area (Å²) in [5.41, 5.74) is 0.103. The van der Waals surface area contributed by atoms with E-state index in [4.69, 9.17) is 11.6 Å². The monoisotopic (exact) mass is 459 g/mol. The topological polar surface area (TPSA) is 75.4 Å². The summed E-state index contributed by atoms with van der Waals surface area (Å²) in [4.78, 5) is 32.6. The van der Waals surface area contributed by atoms with Crippen LogP contribution < -0.4 is 5.43 Å². The first-order chi connectivity index (χ1) is 14.9. The number of benzene rings is 1. The number of carbonyl (C=O) groups is 1. The van der Waals surface area contributed by atoms with Gasteiger partial charge in [-0.25, -0.2) is 9.37 Å².